The second kappa shape index (κ2) is 7.02. The van der Waals surface area contributed by atoms with Gasteiger partial charge in [0.15, 0.2) is 0 Å². The third-order valence-corrected chi connectivity index (χ3v) is 4.37. The van der Waals surface area contributed by atoms with Crippen molar-refractivity contribution in [3.05, 3.63) is 60.2 Å². The van der Waals surface area contributed by atoms with E-state index in [-0.39, 0.29) is 0 Å². The lowest BCUT2D eigenvalue weighted by Crippen LogP contribution is -2.32. The Morgan fingerprint density at radius 1 is 1.04 bits per heavy atom. The van der Waals surface area contributed by atoms with Crippen molar-refractivity contribution < 1.29 is 14.6 Å². The molecule has 4 heteroatoms. The minimum atomic E-state index is -0.735. The number of aliphatic hydroxyl groups is 1. The average Bonchev–Trinajstić information content (AvgIpc) is 2.99. The second-order valence-corrected chi connectivity index (χ2v) is 5.95. The summed E-state index contributed by atoms with van der Waals surface area (Å²) in [7, 11) is 1.65. The van der Waals surface area contributed by atoms with Crippen molar-refractivity contribution in [2.24, 2.45) is 0 Å². The van der Waals surface area contributed by atoms with E-state index in [0.29, 0.717) is 13.2 Å². The van der Waals surface area contributed by atoms with Crippen molar-refractivity contribution >= 4 is 0 Å². The fraction of sp³-hybridized carbons (Fsp3) is 0.368. The molecule has 1 atom stereocenters. The molecule has 23 heavy (non-hydrogen) atoms. The summed E-state index contributed by atoms with van der Waals surface area (Å²) >= 11 is 0. The summed E-state index contributed by atoms with van der Waals surface area (Å²) in [5.74, 6) is 1.66. The van der Waals surface area contributed by atoms with Gasteiger partial charge in [-0.1, -0.05) is 30.3 Å². The fourth-order valence-electron chi connectivity index (χ4n) is 3.01. The number of nitrogens with zero attached hydrogens (tertiary/aromatic N) is 1. The number of ether oxygens (including phenoxy) is 2. The maximum atomic E-state index is 10.8. The van der Waals surface area contributed by atoms with Crippen LogP contribution in [0.3, 0.4) is 0 Å². The van der Waals surface area contributed by atoms with Crippen LogP contribution in [0.15, 0.2) is 54.6 Å². The summed E-state index contributed by atoms with van der Waals surface area (Å²) in [6, 6.07) is 17.5. The average molecular weight is 313 g/mol. The van der Waals surface area contributed by atoms with Gasteiger partial charge in [0, 0.05) is 19.6 Å². The van der Waals surface area contributed by atoms with Gasteiger partial charge in [0.1, 0.15) is 23.7 Å². The third-order valence-electron chi connectivity index (χ3n) is 4.37. The highest BCUT2D eigenvalue weighted by Crippen LogP contribution is 2.31. The van der Waals surface area contributed by atoms with Gasteiger partial charge in [0.2, 0.25) is 0 Å². The Bertz CT molecular complexity index is 614. The van der Waals surface area contributed by atoms with E-state index in [1.165, 1.54) is 0 Å². The number of methoxy groups -OCH3 is 1. The van der Waals surface area contributed by atoms with Crippen LogP contribution in [0.5, 0.6) is 11.5 Å². The standard InChI is InChI=1S/C19H23NO3/c1-22-17-7-9-18(10-8-17)23-14-13-20-12-11-19(21,15-20)16-5-3-2-4-6-16/h2-10,21H,11-15H2,1H3/t19-/m0/s1. The normalized spacial score (nSPS) is 21.3. The molecule has 0 aliphatic carbocycles. The van der Waals surface area contributed by atoms with Gasteiger partial charge in [0.25, 0.3) is 0 Å². The van der Waals surface area contributed by atoms with Crippen LogP contribution in [0.2, 0.25) is 0 Å². The van der Waals surface area contributed by atoms with Crippen LogP contribution in [0.25, 0.3) is 0 Å². The lowest BCUT2D eigenvalue weighted by atomic mass is 9.93. The summed E-state index contributed by atoms with van der Waals surface area (Å²) in [5.41, 5.74) is 0.264. The Balaban J connectivity index is 1.48. The number of hydrogen-bond acceptors (Lipinski definition) is 4. The van der Waals surface area contributed by atoms with Gasteiger partial charge < -0.3 is 14.6 Å². The van der Waals surface area contributed by atoms with Crippen LogP contribution in [0.1, 0.15) is 12.0 Å². The van der Waals surface area contributed by atoms with Crippen molar-refractivity contribution in [1.29, 1.82) is 0 Å². The van der Waals surface area contributed by atoms with E-state index in [2.05, 4.69) is 4.90 Å². The topological polar surface area (TPSA) is 41.9 Å². The molecule has 0 amide bonds. The molecule has 1 aliphatic heterocycles. The van der Waals surface area contributed by atoms with Crippen LogP contribution >= 0.6 is 0 Å². The van der Waals surface area contributed by atoms with Crippen LogP contribution in [-0.4, -0.2) is 43.4 Å². The van der Waals surface area contributed by atoms with Gasteiger partial charge >= 0.3 is 0 Å². The third kappa shape index (κ3) is 3.84. The first-order chi connectivity index (χ1) is 11.2. The highest BCUT2D eigenvalue weighted by atomic mass is 16.5. The van der Waals surface area contributed by atoms with Gasteiger partial charge in [-0.05, 0) is 36.2 Å². The molecule has 1 saturated heterocycles. The smallest absolute Gasteiger partial charge is 0.119 e. The van der Waals surface area contributed by atoms with Crippen molar-refractivity contribution in [2.45, 2.75) is 12.0 Å². The summed E-state index contributed by atoms with van der Waals surface area (Å²) in [5, 5.41) is 10.8. The van der Waals surface area contributed by atoms with Crippen molar-refractivity contribution in [2.75, 3.05) is 33.4 Å². The summed E-state index contributed by atoms with van der Waals surface area (Å²) in [4.78, 5) is 2.25. The molecule has 0 bridgehead atoms. The number of β-amino-alcohol motifs (C(OH)–C–C–N with tert-alkyl or cyclic N) is 1. The first-order valence-corrected chi connectivity index (χ1v) is 7.97. The van der Waals surface area contributed by atoms with E-state index in [0.717, 1.165) is 36.6 Å². The number of benzene rings is 2. The zero-order chi connectivity index (χ0) is 16.1. The minimum absolute atomic E-state index is 0.608. The van der Waals surface area contributed by atoms with Crippen molar-refractivity contribution in [1.82, 2.24) is 4.90 Å². The molecule has 2 aromatic rings. The monoisotopic (exact) mass is 313 g/mol. The molecule has 0 unspecified atom stereocenters. The maximum absolute atomic E-state index is 10.8. The molecule has 122 valence electrons. The molecule has 0 aromatic heterocycles. The summed E-state index contributed by atoms with van der Waals surface area (Å²) in [6.45, 7) is 2.96. The Labute approximate surface area is 137 Å². The van der Waals surface area contributed by atoms with Gasteiger partial charge in [0.05, 0.1) is 7.11 Å². The minimum Gasteiger partial charge on any atom is -0.497 e. The first kappa shape index (κ1) is 15.8. The van der Waals surface area contributed by atoms with Gasteiger partial charge in [-0.3, -0.25) is 4.90 Å². The molecule has 2 aromatic carbocycles. The Kier molecular flexibility index (Phi) is 4.84. The van der Waals surface area contributed by atoms with Gasteiger partial charge in [-0.15, -0.1) is 0 Å². The zero-order valence-corrected chi connectivity index (χ0v) is 13.4. The predicted octanol–water partition coefficient (Wildman–Crippen LogP) is 2.67. The van der Waals surface area contributed by atoms with Crippen LogP contribution in [0, 0.1) is 0 Å². The lowest BCUT2D eigenvalue weighted by Gasteiger charge is -2.24. The van der Waals surface area contributed by atoms with Gasteiger partial charge in [-0.2, -0.15) is 0 Å². The molecule has 1 heterocycles. The molecule has 3 rings (SSSR count). The Morgan fingerprint density at radius 3 is 2.43 bits per heavy atom. The van der Waals surface area contributed by atoms with E-state index in [4.69, 9.17) is 9.47 Å². The molecule has 4 nitrogen and oxygen atoms in total. The van der Waals surface area contributed by atoms with E-state index in [1.807, 2.05) is 54.6 Å². The SMILES string of the molecule is COc1ccc(OCCN2CC[C@@](O)(c3ccccc3)C2)cc1. The van der Waals surface area contributed by atoms with Crippen LogP contribution < -0.4 is 9.47 Å². The van der Waals surface area contributed by atoms with Crippen molar-refractivity contribution in [3.63, 3.8) is 0 Å². The fourth-order valence-corrected chi connectivity index (χ4v) is 3.01. The summed E-state index contributed by atoms with van der Waals surface area (Å²) < 4.78 is 10.9. The van der Waals surface area contributed by atoms with E-state index >= 15 is 0 Å². The molecule has 1 fully saturated rings. The molecular weight excluding hydrogens is 290 g/mol. The maximum Gasteiger partial charge on any atom is 0.119 e. The number of hydrogen-bond donors (Lipinski definition) is 1. The Morgan fingerprint density at radius 2 is 1.74 bits per heavy atom. The molecule has 0 saturated carbocycles. The van der Waals surface area contributed by atoms with E-state index in [1.54, 1.807) is 7.11 Å². The molecular formula is C19H23NO3. The van der Waals surface area contributed by atoms with Crippen molar-refractivity contribution in [3.8, 4) is 11.5 Å². The van der Waals surface area contributed by atoms with Crippen LogP contribution in [-0.2, 0) is 5.60 Å². The molecule has 0 radical (unpaired) electrons. The van der Waals surface area contributed by atoms with E-state index < -0.39 is 5.60 Å². The highest BCUT2D eigenvalue weighted by Gasteiger charge is 2.37. The molecule has 0 spiro atoms. The van der Waals surface area contributed by atoms with Gasteiger partial charge in [-0.25, -0.2) is 0 Å². The number of rotatable bonds is 6. The number of likely N-dealkylation sites (tertiary alicyclic amines) is 1. The predicted molar refractivity (Wildman–Crippen MR) is 89.9 cm³/mol. The molecule has 1 N–H and O–H groups in total. The summed E-state index contributed by atoms with van der Waals surface area (Å²) in [6.07, 6.45) is 0.763. The second-order valence-electron chi connectivity index (χ2n) is 5.95. The lowest BCUT2D eigenvalue weighted by molar-refractivity contribution is 0.0447. The first-order valence-electron chi connectivity index (χ1n) is 7.97. The van der Waals surface area contributed by atoms with Crippen LogP contribution in [0.4, 0.5) is 0 Å². The zero-order valence-electron chi connectivity index (χ0n) is 13.4. The highest BCUT2D eigenvalue weighted by molar-refractivity contribution is 5.31. The van der Waals surface area contributed by atoms with E-state index in [9.17, 15) is 5.11 Å². The molecule has 1 aliphatic rings. The Hall–Kier alpha value is -2.04. The largest absolute Gasteiger partial charge is 0.497 e. The quantitative estimate of drug-likeness (QED) is 0.890.